The maximum Gasteiger partial charge on any atom is 0.337 e. The van der Waals surface area contributed by atoms with Crippen LogP contribution in [-0.4, -0.2) is 22.6 Å². The van der Waals surface area contributed by atoms with E-state index in [0.717, 1.165) is 11.3 Å². The molecule has 0 aliphatic carbocycles. The van der Waals surface area contributed by atoms with Gasteiger partial charge >= 0.3 is 5.97 Å². The summed E-state index contributed by atoms with van der Waals surface area (Å²) in [5, 5.41) is 1.02. The molecule has 0 aliphatic heterocycles. The van der Waals surface area contributed by atoms with E-state index in [2.05, 4.69) is 0 Å². The molecule has 0 radical (unpaired) electrons. The first-order valence-corrected chi connectivity index (χ1v) is 10.0. The van der Waals surface area contributed by atoms with Gasteiger partial charge in [0.25, 0.3) is 5.56 Å². The Morgan fingerprint density at radius 2 is 1.69 bits per heavy atom. The summed E-state index contributed by atoms with van der Waals surface area (Å²) < 4.78 is 6.41. The van der Waals surface area contributed by atoms with Crippen molar-refractivity contribution in [2.75, 3.05) is 7.11 Å². The molecule has 0 unspecified atom stereocenters. The number of para-hydroxylation sites is 1. The van der Waals surface area contributed by atoms with E-state index in [9.17, 15) is 9.59 Å². The first-order valence-electron chi connectivity index (χ1n) is 9.04. The van der Waals surface area contributed by atoms with Crippen LogP contribution in [0.1, 0.15) is 15.9 Å². The van der Waals surface area contributed by atoms with Crippen LogP contribution >= 0.6 is 11.8 Å². The van der Waals surface area contributed by atoms with E-state index >= 15 is 0 Å². The average Bonchev–Trinajstić information content (AvgIpc) is 2.78. The molecule has 0 atom stereocenters. The lowest BCUT2D eigenvalue weighted by Gasteiger charge is -2.13. The second-order valence-electron chi connectivity index (χ2n) is 6.37. The summed E-state index contributed by atoms with van der Waals surface area (Å²) >= 11 is 1.48. The van der Waals surface area contributed by atoms with Crippen molar-refractivity contribution < 1.29 is 9.53 Å². The second kappa shape index (κ2) is 8.32. The number of benzene rings is 3. The fourth-order valence-corrected chi connectivity index (χ4v) is 4.00. The van der Waals surface area contributed by atoms with Gasteiger partial charge in [0, 0.05) is 5.75 Å². The number of methoxy groups -OCH3 is 1. The van der Waals surface area contributed by atoms with Gasteiger partial charge in [-0.25, -0.2) is 9.78 Å². The molecular weight excluding hydrogens is 384 g/mol. The zero-order valence-electron chi connectivity index (χ0n) is 15.7. The highest BCUT2D eigenvalue weighted by molar-refractivity contribution is 7.98. The summed E-state index contributed by atoms with van der Waals surface area (Å²) in [4.78, 5) is 29.9. The number of esters is 1. The van der Waals surface area contributed by atoms with Crippen LogP contribution in [0.2, 0.25) is 0 Å². The molecule has 144 valence electrons. The number of rotatable bonds is 5. The number of nitrogens with zero attached hydrogens (tertiary/aromatic N) is 2. The summed E-state index contributed by atoms with van der Waals surface area (Å²) in [5.41, 5.74) is 2.55. The highest BCUT2D eigenvalue weighted by atomic mass is 32.2. The van der Waals surface area contributed by atoms with Crippen LogP contribution in [-0.2, 0) is 10.5 Å². The molecule has 4 aromatic rings. The highest BCUT2D eigenvalue weighted by Crippen LogP contribution is 2.25. The van der Waals surface area contributed by atoms with Gasteiger partial charge in [-0.1, -0.05) is 60.3 Å². The van der Waals surface area contributed by atoms with Crippen molar-refractivity contribution >= 4 is 28.6 Å². The number of ether oxygens (including phenoxy) is 1. The summed E-state index contributed by atoms with van der Waals surface area (Å²) in [5.74, 6) is 0.210. The summed E-state index contributed by atoms with van der Waals surface area (Å²) in [7, 11) is 1.33. The maximum atomic E-state index is 13.3. The molecule has 3 aromatic carbocycles. The fraction of sp³-hybridized carbons (Fsp3) is 0.0870. The lowest BCUT2D eigenvalue weighted by molar-refractivity contribution is 0.0601. The van der Waals surface area contributed by atoms with Crippen LogP contribution < -0.4 is 5.56 Å². The van der Waals surface area contributed by atoms with E-state index in [1.54, 1.807) is 22.8 Å². The van der Waals surface area contributed by atoms with Crippen molar-refractivity contribution in [1.29, 1.82) is 0 Å². The third-order valence-electron chi connectivity index (χ3n) is 4.48. The fourth-order valence-electron chi connectivity index (χ4n) is 3.03. The predicted molar refractivity (Wildman–Crippen MR) is 115 cm³/mol. The standard InChI is InChI=1S/C23H18N2O3S/c1-28-22(27)17-12-13-19-20(14-17)24-23(29-15-16-8-4-2-5-9-16)25(21(19)26)18-10-6-3-7-11-18/h2-14H,15H2,1H3. The molecule has 29 heavy (non-hydrogen) atoms. The largest absolute Gasteiger partial charge is 0.465 e. The lowest BCUT2D eigenvalue weighted by atomic mass is 10.1. The summed E-state index contributed by atoms with van der Waals surface area (Å²) in [6.07, 6.45) is 0. The minimum absolute atomic E-state index is 0.173. The van der Waals surface area contributed by atoms with Crippen LogP contribution in [0.4, 0.5) is 0 Å². The van der Waals surface area contributed by atoms with Crippen molar-refractivity contribution in [1.82, 2.24) is 9.55 Å². The lowest BCUT2D eigenvalue weighted by Crippen LogP contribution is -2.22. The predicted octanol–water partition coefficient (Wildman–Crippen LogP) is 4.46. The quantitative estimate of drug-likeness (QED) is 0.280. The molecular formula is C23H18N2O3S. The summed E-state index contributed by atoms with van der Waals surface area (Å²) in [6, 6.07) is 24.3. The van der Waals surface area contributed by atoms with Crippen molar-refractivity contribution in [3.05, 3.63) is 100 Å². The molecule has 4 rings (SSSR count). The molecule has 0 saturated carbocycles. The molecule has 1 heterocycles. The molecule has 1 aromatic heterocycles. The van der Waals surface area contributed by atoms with Crippen LogP contribution in [0.3, 0.4) is 0 Å². The zero-order chi connectivity index (χ0) is 20.2. The Labute approximate surface area is 172 Å². The van der Waals surface area contributed by atoms with E-state index in [0.29, 0.717) is 27.4 Å². The molecule has 0 spiro atoms. The van der Waals surface area contributed by atoms with Crippen LogP contribution in [0, 0.1) is 0 Å². The Morgan fingerprint density at radius 3 is 2.38 bits per heavy atom. The van der Waals surface area contributed by atoms with Gasteiger partial charge < -0.3 is 4.74 Å². The van der Waals surface area contributed by atoms with E-state index < -0.39 is 5.97 Å². The van der Waals surface area contributed by atoms with Crippen molar-refractivity contribution in [2.24, 2.45) is 0 Å². The minimum atomic E-state index is -0.459. The maximum absolute atomic E-state index is 13.3. The average molecular weight is 402 g/mol. The van der Waals surface area contributed by atoms with Crippen molar-refractivity contribution in [3.8, 4) is 5.69 Å². The Balaban J connectivity index is 1.87. The smallest absolute Gasteiger partial charge is 0.337 e. The van der Waals surface area contributed by atoms with E-state index in [1.165, 1.54) is 18.9 Å². The Morgan fingerprint density at radius 1 is 1.00 bits per heavy atom. The SMILES string of the molecule is COC(=O)c1ccc2c(=O)n(-c3ccccc3)c(SCc3ccccc3)nc2c1. The number of aromatic nitrogens is 2. The van der Waals surface area contributed by atoms with E-state index in [-0.39, 0.29) is 5.56 Å². The van der Waals surface area contributed by atoms with Crippen molar-refractivity contribution in [2.45, 2.75) is 10.9 Å². The number of thioether (sulfide) groups is 1. The topological polar surface area (TPSA) is 61.2 Å². The molecule has 0 fully saturated rings. The van der Waals surface area contributed by atoms with Gasteiger partial charge in [0.05, 0.1) is 29.3 Å². The second-order valence-corrected chi connectivity index (χ2v) is 7.31. The van der Waals surface area contributed by atoms with Gasteiger partial charge in [0.15, 0.2) is 5.16 Å². The van der Waals surface area contributed by atoms with Gasteiger partial charge in [-0.15, -0.1) is 0 Å². The molecule has 0 aliphatic rings. The van der Waals surface area contributed by atoms with Crippen LogP contribution in [0.25, 0.3) is 16.6 Å². The third-order valence-corrected chi connectivity index (χ3v) is 5.49. The van der Waals surface area contributed by atoms with Crippen molar-refractivity contribution in [3.63, 3.8) is 0 Å². The number of fused-ring (bicyclic) bond motifs is 1. The van der Waals surface area contributed by atoms with Gasteiger partial charge in [0.1, 0.15) is 0 Å². The van der Waals surface area contributed by atoms with Crippen LogP contribution in [0.15, 0.2) is 88.8 Å². The highest BCUT2D eigenvalue weighted by Gasteiger charge is 2.15. The first kappa shape index (κ1) is 19.0. The number of hydrogen-bond donors (Lipinski definition) is 0. The van der Waals surface area contributed by atoms with E-state index in [4.69, 9.17) is 9.72 Å². The number of carbonyl (C=O) groups is 1. The Kier molecular flexibility index (Phi) is 5.44. The number of hydrogen-bond acceptors (Lipinski definition) is 5. The number of carbonyl (C=O) groups excluding carboxylic acids is 1. The summed E-state index contributed by atoms with van der Waals surface area (Å²) in [6.45, 7) is 0. The van der Waals surface area contributed by atoms with Crippen LogP contribution in [0.5, 0.6) is 0 Å². The third kappa shape index (κ3) is 3.93. The zero-order valence-corrected chi connectivity index (χ0v) is 16.6. The van der Waals surface area contributed by atoms with Gasteiger partial charge in [-0.05, 0) is 35.9 Å². The van der Waals surface area contributed by atoms with Gasteiger partial charge in [-0.3, -0.25) is 9.36 Å². The molecule has 0 saturated heterocycles. The van der Waals surface area contributed by atoms with Gasteiger partial charge in [0.2, 0.25) is 0 Å². The normalized spacial score (nSPS) is 10.8. The van der Waals surface area contributed by atoms with E-state index in [1.807, 2.05) is 60.7 Å². The Bertz CT molecular complexity index is 1220. The molecule has 0 bridgehead atoms. The molecule has 0 N–H and O–H groups in total. The molecule has 6 heteroatoms. The molecule has 5 nitrogen and oxygen atoms in total. The molecule has 0 amide bonds. The monoisotopic (exact) mass is 402 g/mol. The Hall–Kier alpha value is -3.38. The minimum Gasteiger partial charge on any atom is -0.465 e. The van der Waals surface area contributed by atoms with Gasteiger partial charge in [-0.2, -0.15) is 0 Å². The first-order chi connectivity index (χ1) is 14.2.